The van der Waals surface area contributed by atoms with E-state index in [4.69, 9.17) is 0 Å². The zero-order valence-corrected chi connectivity index (χ0v) is 10.6. The predicted octanol–water partition coefficient (Wildman–Crippen LogP) is 3.70. The molecule has 0 saturated heterocycles. The van der Waals surface area contributed by atoms with Gasteiger partial charge in [-0.05, 0) is 24.0 Å². The largest absolute Gasteiger partial charge is 0.326 e. The van der Waals surface area contributed by atoms with Crippen molar-refractivity contribution in [3.05, 3.63) is 30.3 Å². The molecule has 88 valence electrons. The van der Waals surface area contributed by atoms with Gasteiger partial charge in [0.2, 0.25) is 5.91 Å². The van der Waals surface area contributed by atoms with Crippen LogP contribution in [0.25, 0.3) is 0 Å². The van der Waals surface area contributed by atoms with E-state index in [0.717, 1.165) is 12.1 Å². The average molecular weight is 219 g/mol. The number of carbonyl (C=O) groups is 1. The van der Waals surface area contributed by atoms with E-state index in [9.17, 15) is 4.79 Å². The number of rotatable bonds is 3. The summed E-state index contributed by atoms with van der Waals surface area (Å²) in [4.78, 5) is 11.9. The van der Waals surface area contributed by atoms with Crippen molar-refractivity contribution in [3.8, 4) is 0 Å². The van der Waals surface area contributed by atoms with Crippen LogP contribution >= 0.6 is 0 Å². The second-order valence-electron chi connectivity index (χ2n) is 5.52. The molecular formula is C14H21NO. The average Bonchev–Trinajstić information content (AvgIpc) is 2.16. The molecule has 0 aliphatic rings. The van der Waals surface area contributed by atoms with Crippen molar-refractivity contribution in [2.45, 2.75) is 34.1 Å². The molecule has 0 aliphatic carbocycles. The van der Waals surface area contributed by atoms with Gasteiger partial charge >= 0.3 is 0 Å². The van der Waals surface area contributed by atoms with Gasteiger partial charge in [-0.25, -0.2) is 0 Å². The van der Waals surface area contributed by atoms with E-state index >= 15 is 0 Å². The summed E-state index contributed by atoms with van der Waals surface area (Å²) < 4.78 is 0. The topological polar surface area (TPSA) is 29.1 Å². The van der Waals surface area contributed by atoms with Crippen molar-refractivity contribution in [2.24, 2.45) is 11.3 Å². The normalized spacial score (nSPS) is 13.2. The number of hydrogen-bond donors (Lipinski definition) is 1. The maximum absolute atomic E-state index is 11.9. The molecule has 16 heavy (non-hydrogen) atoms. The molecule has 0 bridgehead atoms. The summed E-state index contributed by atoms with van der Waals surface area (Å²) in [6.07, 6.45) is 0.895. The molecular weight excluding hydrogens is 198 g/mol. The number of anilines is 1. The Labute approximate surface area is 98.1 Å². The molecule has 1 atom stereocenters. The van der Waals surface area contributed by atoms with Gasteiger partial charge in [0, 0.05) is 11.6 Å². The molecule has 0 spiro atoms. The number of nitrogens with one attached hydrogen (secondary N) is 1. The first kappa shape index (κ1) is 12.8. The second-order valence-corrected chi connectivity index (χ2v) is 5.52. The monoisotopic (exact) mass is 219 g/mol. The van der Waals surface area contributed by atoms with Crippen molar-refractivity contribution >= 4 is 11.6 Å². The van der Waals surface area contributed by atoms with Gasteiger partial charge in [-0.3, -0.25) is 4.79 Å². The SMILES string of the molecule is CC(CC(C)(C)C)C(=O)Nc1ccccc1. The Morgan fingerprint density at radius 3 is 2.31 bits per heavy atom. The fourth-order valence-corrected chi connectivity index (χ4v) is 1.80. The van der Waals surface area contributed by atoms with Crippen LogP contribution in [0.5, 0.6) is 0 Å². The molecule has 1 unspecified atom stereocenters. The van der Waals surface area contributed by atoms with Crippen LogP contribution in [0, 0.1) is 11.3 Å². The van der Waals surface area contributed by atoms with Gasteiger partial charge in [0.15, 0.2) is 0 Å². The van der Waals surface area contributed by atoms with E-state index in [-0.39, 0.29) is 17.2 Å². The second kappa shape index (κ2) is 5.15. The van der Waals surface area contributed by atoms with Gasteiger partial charge in [-0.15, -0.1) is 0 Å². The summed E-state index contributed by atoms with van der Waals surface area (Å²) in [6, 6.07) is 9.59. The summed E-state index contributed by atoms with van der Waals surface area (Å²) in [5.74, 6) is 0.140. The zero-order chi connectivity index (χ0) is 12.2. The Balaban J connectivity index is 2.53. The van der Waals surface area contributed by atoms with Gasteiger partial charge in [0.1, 0.15) is 0 Å². The highest BCUT2D eigenvalue weighted by molar-refractivity contribution is 5.92. The van der Waals surface area contributed by atoms with Gasteiger partial charge in [-0.2, -0.15) is 0 Å². The minimum absolute atomic E-state index is 0.0419. The molecule has 2 nitrogen and oxygen atoms in total. The van der Waals surface area contributed by atoms with E-state index < -0.39 is 0 Å². The molecule has 0 aliphatic heterocycles. The van der Waals surface area contributed by atoms with Crippen LogP contribution in [0.2, 0.25) is 0 Å². The third kappa shape index (κ3) is 4.47. The van der Waals surface area contributed by atoms with Crippen LogP contribution in [0.1, 0.15) is 34.1 Å². The van der Waals surface area contributed by atoms with Gasteiger partial charge in [0.25, 0.3) is 0 Å². The lowest BCUT2D eigenvalue weighted by atomic mass is 9.85. The van der Waals surface area contributed by atoms with Crippen LogP contribution in [0.4, 0.5) is 5.69 Å². The highest BCUT2D eigenvalue weighted by Crippen LogP contribution is 2.24. The predicted molar refractivity (Wildman–Crippen MR) is 68.3 cm³/mol. The minimum Gasteiger partial charge on any atom is -0.326 e. The van der Waals surface area contributed by atoms with Crippen LogP contribution in [-0.2, 0) is 4.79 Å². The van der Waals surface area contributed by atoms with Crippen LogP contribution in [0.3, 0.4) is 0 Å². The van der Waals surface area contributed by atoms with Crippen molar-refractivity contribution in [1.29, 1.82) is 0 Å². The third-order valence-corrected chi connectivity index (χ3v) is 2.41. The first-order valence-electron chi connectivity index (χ1n) is 5.74. The maximum Gasteiger partial charge on any atom is 0.227 e. The van der Waals surface area contributed by atoms with Crippen molar-refractivity contribution in [3.63, 3.8) is 0 Å². The lowest BCUT2D eigenvalue weighted by Gasteiger charge is -2.22. The Morgan fingerprint density at radius 2 is 1.81 bits per heavy atom. The van der Waals surface area contributed by atoms with Crippen LogP contribution in [-0.4, -0.2) is 5.91 Å². The van der Waals surface area contributed by atoms with Gasteiger partial charge < -0.3 is 5.32 Å². The number of amides is 1. The molecule has 1 aromatic rings. The Morgan fingerprint density at radius 1 is 1.25 bits per heavy atom. The van der Waals surface area contributed by atoms with Gasteiger partial charge in [0.05, 0.1) is 0 Å². The first-order chi connectivity index (χ1) is 7.38. The van der Waals surface area contributed by atoms with Crippen LogP contribution in [0.15, 0.2) is 30.3 Å². The lowest BCUT2D eigenvalue weighted by Crippen LogP contribution is -2.24. The Hall–Kier alpha value is -1.31. The molecule has 1 aromatic carbocycles. The highest BCUT2D eigenvalue weighted by Gasteiger charge is 2.20. The number of carbonyl (C=O) groups excluding carboxylic acids is 1. The molecule has 0 radical (unpaired) electrons. The van der Waals surface area contributed by atoms with E-state index in [2.05, 4.69) is 26.1 Å². The molecule has 2 heteroatoms. The van der Waals surface area contributed by atoms with Crippen molar-refractivity contribution < 1.29 is 4.79 Å². The molecule has 0 heterocycles. The third-order valence-electron chi connectivity index (χ3n) is 2.41. The molecule has 1 N–H and O–H groups in total. The zero-order valence-electron chi connectivity index (χ0n) is 10.6. The van der Waals surface area contributed by atoms with Crippen molar-refractivity contribution in [1.82, 2.24) is 0 Å². The van der Waals surface area contributed by atoms with E-state index in [1.807, 2.05) is 37.3 Å². The summed E-state index contributed by atoms with van der Waals surface area (Å²) in [5.41, 5.74) is 1.06. The molecule has 1 amide bonds. The smallest absolute Gasteiger partial charge is 0.227 e. The Bertz CT molecular complexity index is 338. The maximum atomic E-state index is 11.9. The quantitative estimate of drug-likeness (QED) is 0.825. The fraction of sp³-hybridized carbons (Fsp3) is 0.500. The number of para-hydroxylation sites is 1. The number of hydrogen-bond acceptors (Lipinski definition) is 1. The lowest BCUT2D eigenvalue weighted by molar-refractivity contribution is -0.120. The highest BCUT2D eigenvalue weighted by atomic mass is 16.1. The Kier molecular flexibility index (Phi) is 4.11. The molecule has 0 fully saturated rings. The van der Waals surface area contributed by atoms with Crippen LogP contribution < -0.4 is 5.32 Å². The molecule has 0 aromatic heterocycles. The molecule has 1 rings (SSSR count). The fourth-order valence-electron chi connectivity index (χ4n) is 1.80. The van der Waals surface area contributed by atoms with Gasteiger partial charge in [-0.1, -0.05) is 45.9 Å². The first-order valence-corrected chi connectivity index (χ1v) is 5.74. The standard InChI is InChI=1S/C14H21NO/c1-11(10-14(2,3)4)13(16)15-12-8-6-5-7-9-12/h5-9,11H,10H2,1-4H3,(H,15,16). The summed E-state index contributed by atoms with van der Waals surface area (Å²) in [5, 5.41) is 2.93. The summed E-state index contributed by atoms with van der Waals surface area (Å²) in [7, 11) is 0. The van der Waals surface area contributed by atoms with E-state index in [0.29, 0.717) is 0 Å². The molecule has 0 saturated carbocycles. The minimum atomic E-state index is 0.0419. The van der Waals surface area contributed by atoms with E-state index in [1.54, 1.807) is 0 Å². The number of benzene rings is 1. The van der Waals surface area contributed by atoms with E-state index in [1.165, 1.54) is 0 Å². The van der Waals surface area contributed by atoms with Crippen molar-refractivity contribution in [2.75, 3.05) is 5.32 Å². The summed E-state index contributed by atoms with van der Waals surface area (Å²) >= 11 is 0. The summed E-state index contributed by atoms with van der Waals surface area (Å²) in [6.45, 7) is 8.43.